The second-order valence-corrected chi connectivity index (χ2v) is 9.22. The smallest absolute Gasteiger partial charge is 0.114 e. The molecule has 3 aromatic rings. The highest BCUT2D eigenvalue weighted by Gasteiger charge is 2.31. The zero-order chi connectivity index (χ0) is 20.8. The third-order valence-corrected chi connectivity index (χ3v) is 6.38. The molecule has 5 heteroatoms. The average molecular weight is 392 g/mol. The van der Waals surface area contributed by atoms with Crippen LogP contribution in [0.2, 0.25) is 0 Å². The van der Waals surface area contributed by atoms with E-state index in [1.807, 2.05) is 0 Å². The van der Waals surface area contributed by atoms with Crippen molar-refractivity contribution in [2.45, 2.75) is 66.8 Å². The molecule has 0 aliphatic heterocycles. The maximum Gasteiger partial charge on any atom is 0.114 e. The summed E-state index contributed by atoms with van der Waals surface area (Å²) in [6.07, 6.45) is 4.29. The van der Waals surface area contributed by atoms with Crippen LogP contribution in [0.15, 0.2) is 18.2 Å². The van der Waals surface area contributed by atoms with E-state index in [-0.39, 0.29) is 0 Å². The van der Waals surface area contributed by atoms with Gasteiger partial charge in [-0.25, -0.2) is 0 Å². The maximum atomic E-state index is 5.77. The van der Waals surface area contributed by atoms with E-state index >= 15 is 0 Å². The average Bonchev–Trinajstić information content (AvgIpc) is 3.28. The van der Waals surface area contributed by atoms with Crippen LogP contribution in [0.4, 0.5) is 0 Å². The lowest BCUT2D eigenvalue weighted by Crippen LogP contribution is -2.24. The van der Waals surface area contributed by atoms with Crippen molar-refractivity contribution in [3.63, 3.8) is 0 Å². The molecule has 1 aliphatic rings. The number of rotatable bonds is 5. The highest BCUT2D eigenvalue weighted by molar-refractivity contribution is 5.70. The monoisotopic (exact) mass is 391 g/mol. The summed E-state index contributed by atoms with van der Waals surface area (Å²) in [7, 11) is 0. The second-order valence-electron chi connectivity index (χ2n) is 9.22. The lowest BCUT2D eigenvalue weighted by atomic mass is 9.76. The van der Waals surface area contributed by atoms with Crippen molar-refractivity contribution >= 4 is 0 Å². The zero-order valence-corrected chi connectivity index (χ0v) is 18.4. The fourth-order valence-electron chi connectivity index (χ4n) is 4.75. The van der Waals surface area contributed by atoms with Gasteiger partial charge in [0.1, 0.15) is 5.69 Å². The third-order valence-electron chi connectivity index (χ3n) is 6.38. The van der Waals surface area contributed by atoms with Gasteiger partial charge < -0.3 is 5.73 Å². The van der Waals surface area contributed by atoms with Crippen LogP contribution in [0, 0.1) is 19.3 Å². The maximum absolute atomic E-state index is 5.77. The number of nitrogens with two attached hydrogens (primary N) is 1. The number of nitrogens with one attached hydrogen (secondary N) is 1. The molecule has 2 aromatic heterocycles. The molecule has 0 spiro atoms. The van der Waals surface area contributed by atoms with Crippen molar-refractivity contribution in [1.82, 2.24) is 20.0 Å². The molecule has 0 unspecified atom stereocenters. The topological polar surface area (TPSA) is 72.5 Å². The number of fused-ring (bicyclic) bond motifs is 1. The van der Waals surface area contributed by atoms with E-state index in [1.165, 1.54) is 34.4 Å². The molecule has 5 nitrogen and oxygen atoms in total. The van der Waals surface area contributed by atoms with Gasteiger partial charge in [-0.1, -0.05) is 13.8 Å². The van der Waals surface area contributed by atoms with Gasteiger partial charge in [0.2, 0.25) is 0 Å². The number of hydrogen-bond acceptors (Lipinski definition) is 3. The summed E-state index contributed by atoms with van der Waals surface area (Å²) in [4.78, 5) is 0. The van der Waals surface area contributed by atoms with E-state index in [4.69, 9.17) is 10.8 Å². The molecule has 0 saturated heterocycles. The molecule has 3 N–H and O–H groups in total. The van der Waals surface area contributed by atoms with Crippen molar-refractivity contribution in [2.24, 2.45) is 11.1 Å². The standard InChI is InChI=1S/C24H33N5/c1-6-29-22-14-24(4,5)9-7-19(22)23(28-29)21-13-20(26-27-21)17-11-15(2)18(8-10-25)16(3)12-17/h11-13H,6-10,14,25H2,1-5H3,(H,26,27). The van der Waals surface area contributed by atoms with Gasteiger partial charge in [0.25, 0.3) is 0 Å². The van der Waals surface area contributed by atoms with Crippen LogP contribution in [0.5, 0.6) is 0 Å². The minimum absolute atomic E-state index is 0.344. The van der Waals surface area contributed by atoms with Gasteiger partial charge in [-0.3, -0.25) is 9.78 Å². The summed E-state index contributed by atoms with van der Waals surface area (Å²) in [5.41, 5.74) is 17.0. The number of aryl methyl sites for hydroxylation is 3. The van der Waals surface area contributed by atoms with Crippen molar-refractivity contribution < 1.29 is 0 Å². The Bertz CT molecular complexity index is 1010. The molecule has 1 aromatic carbocycles. The van der Waals surface area contributed by atoms with Crippen molar-refractivity contribution in [3.8, 4) is 22.6 Å². The number of nitrogens with zero attached hydrogens (tertiary/aromatic N) is 3. The molecule has 0 fully saturated rings. The Hall–Kier alpha value is -2.40. The number of benzene rings is 1. The first-order valence-electron chi connectivity index (χ1n) is 10.8. The van der Waals surface area contributed by atoms with Crippen LogP contribution < -0.4 is 5.73 Å². The van der Waals surface area contributed by atoms with Crippen LogP contribution in [0.3, 0.4) is 0 Å². The summed E-state index contributed by atoms with van der Waals surface area (Å²) < 4.78 is 2.18. The summed E-state index contributed by atoms with van der Waals surface area (Å²) in [6, 6.07) is 6.60. The van der Waals surface area contributed by atoms with Gasteiger partial charge in [-0.15, -0.1) is 0 Å². The Balaban J connectivity index is 1.72. The first-order valence-corrected chi connectivity index (χ1v) is 10.8. The van der Waals surface area contributed by atoms with Crippen LogP contribution in [-0.2, 0) is 25.8 Å². The molecule has 4 rings (SSSR count). The molecular weight excluding hydrogens is 358 g/mol. The zero-order valence-electron chi connectivity index (χ0n) is 18.4. The lowest BCUT2D eigenvalue weighted by molar-refractivity contribution is 0.305. The molecule has 154 valence electrons. The Kier molecular flexibility index (Phi) is 5.11. The summed E-state index contributed by atoms with van der Waals surface area (Å²) in [5, 5.41) is 12.9. The van der Waals surface area contributed by atoms with Gasteiger partial charge in [0, 0.05) is 23.4 Å². The third kappa shape index (κ3) is 3.64. The van der Waals surface area contributed by atoms with E-state index in [2.05, 4.69) is 67.7 Å². The summed E-state index contributed by atoms with van der Waals surface area (Å²) in [5.74, 6) is 0. The van der Waals surface area contributed by atoms with E-state index in [1.54, 1.807) is 0 Å². The first kappa shape index (κ1) is 19.9. The first-order chi connectivity index (χ1) is 13.8. The largest absolute Gasteiger partial charge is 0.330 e. The normalized spacial score (nSPS) is 15.5. The van der Waals surface area contributed by atoms with Gasteiger partial charge in [0.15, 0.2) is 0 Å². The van der Waals surface area contributed by atoms with Gasteiger partial charge in [0.05, 0.1) is 11.4 Å². The predicted molar refractivity (Wildman–Crippen MR) is 119 cm³/mol. The number of aromatic amines is 1. The molecule has 2 heterocycles. The predicted octanol–water partition coefficient (Wildman–Crippen LogP) is 4.59. The van der Waals surface area contributed by atoms with Crippen molar-refractivity contribution in [3.05, 3.63) is 46.1 Å². The van der Waals surface area contributed by atoms with Crippen molar-refractivity contribution in [2.75, 3.05) is 6.54 Å². The molecule has 0 saturated carbocycles. The SMILES string of the molecule is CCn1nc(-c2cc(-c3cc(C)c(CCN)c(C)c3)n[nH]2)c2c1CC(C)(C)CC2. The fraction of sp³-hybridized carbons (Fsp3) is 0.500. The van der Waals surface area contributed by atoms with E-state index < -0.39 is 0 Å². The van der Waals surface area contributed by atoms with Crippen LogP contribution >= 0.6 is 0 Å². The highest BCUT2D eigenvalue weighted by Crippen LogP contribution is 2.39. The molecule has 0 amide bonds. The Morgan fingerprint density at radius 1 is 1.17 bits per heavy atom. The highest BCUT2D eigenvalue weighted by atomic mass is 15.3. The number of aromatic nitrogens is 4. The Labute approximate surface area is 173 Å². The molecule has 0 atom stereocenters. The van der Waals surface area contributed by atoms with Crippen LogP contribution in [-0.4, -0.2) is 26.5 Å². The molecule has 0 radical (unpaired) electrons. The quantitative estimate of drug-likeness (QED) is 0.668. The van der Waals surface area contributed by atoms with Gasteiger partial charge in [-0.2, -0.15) is 10.2 Å². The minimum atomic E-state index is 0.344. The van der Waals surface area contributed by atoms with Crippen LogP contribution in [0.25, 0.3) is 22.6 Å². The lowest BCUT2D eigenvalue weighted by Gasteiger charge is -2.30. The molecule has 1 aliphatic carbocycles. The van der Waals surface area contributed by atoms with E-state index in [0.29, 0.717) is 12.0 Å². The Morgan fingerprint density at radius 2 is 1.90 bits per heavy atom. The second kappa shape index (κ2) is 7.45. The molecule has 0 bridgehead atoms. The van der Waals surface area contributed by atoms with Crippen LogP contribution in [0.1, 0.15) is 55.1 Å². The van der Waals surface area contributed by atoms with E-state index in [0.717, 1.165) is 48.5 Å². The number of hydrogen-bond donors (Lipinski definition) is 2. The minimum Gasteiger partial charge on any atom is -0.330 e. The molecule has 29 heavy (non-hydrogen) atoms. The fourth-order valence-corrected chi connectivity index (χ4v) is 4.75. The summed E-state index contributed by atoms with van der Waals surface area (Å²) in [6.45, 7) is 12.8. The van der Waals surface area contributed by atoms with Gasteiger partial charge >= 0.3 is 0 Å². The Morgan fingerprint density at radius 3 is 2.55 bits per heavy atom. The van der Waals surface area contributed by atoms with E-state index in [9.17, 15) is 0 Å². The van der Waals surface area contributed by atoms with Crippen molar-refractivity contribution in [1.29, 1.82) is 0 Å². The van der Waals surface area contributed by atoms with Gasteiger partial charge in [-0.05, 0) is 93.3 Å². The summed E-state index contributed by atoms with van der Waals surface area (Å²) >= 11 is 0. The number of H-pyrrole nitrogens is 1. The molecular formula is C24H33N5.